The Bertz CT molecular complexity index is 1380. The number of imidazole rings is 1. The maximum atomic E-state index is 12.9. The van der Waals surface area contributed by atoms with Gasteiger partial charge in [0.1, 0.15) is 24.0 Å². The molecule has 190 valence electrons. The number of benzene rings is 2. The van der Waals surface area contributed by atoms with Crippen molar-refractivity contribution in [3.63, 3.8) is 0 Å². The first-order valence-corrected chi connectivity index (χ1v) is 12.2. The predicted octanol–water partition coefficient (Wildman–Crippen LogP) is 4.29. The molecule has 1 aliphatic rings. The first-order valence-electron chi connectivity index (χ1n) is 11.8. The van der Waals surface area contributed by atoms with Crippen molar-refractivity contribution < 1.29 is 9.90 Å². The normalized spacial score (nSPS) is 15.8. The molecule has 3 aromatic rings. The van der Waals surface area contributed by atoms with Crippen molar-refractivity contribution in [2.75, 3.05) is 11.9 Å². The van der Waals surface area contributed by atoms with Crippen LogP contribution in [0.25, 0.3) is 17.3 Å². The number of hydrazine groups is 1. The van der Waals surface area contributed by atoms with E-state index >= 15 is 0 Å². The van der Waals surface area contributed by atoms with Crippen molar-refractivity contribution in [3.05, 3.63) is 64.6 Å². The summed E-state index contributed by atoms with van der Waals surface area (Å²) in [5.74, 6) is 5.56. The van der Waals surface area contributed by atoms with Gasteiger partial charge in [-0.3, -0.25) is 4.79 Å². The minimum Gasteiger partial charge on any atom is -0.508 e. The lowest BCUT2D eigenvalue weighted by Gasteiger charge is -2.17. The fraction of sp³-hybridized carbons (Fsp3) is 0.231. The number of hydrogen-bond donors (Lipinski definition) is 6. The Balaban J connectivity index is 1.62. The van der Waals surface area contributed by atoms with Gasteiger partial charge in [-0.15, -0.1) is 0 Å². The third kappa shape index (κ3) is 6.46. The Morgan fingerprint density at radius 1 is 1.27 bits per heavy atom. The number of carbonyl (C=O) groups is 1. The number of aromatic nitrogens is 2. The molecule has 7 N–H and O–H groups in total. The summed E-state index contributed by atoms with van der Waals surface area (Å²) in [6.45, 7) is 0.712. The van der Waals surface area contributed by atoms with Gasteiger partial charge in [0.05, 0.1) is 17.4 Å². The number of aromatic hydroxyl groups is 1. The highest BCUT2D eigenvalue weighted by molar-refractivity contribution is 6.30. The minimum absolute atomic E-state index is 0.126. The number of phenols is 1. The molecule has 1 aromatic heterocycles. The molecule has 2 heterocycles. The molecular weight excluding hydrogens is 492 g/mol. The molecule has 0 unspecified atom stereocenters. The highest BCUT2D eigenvalue weighted by Gasteiger charge is 2.22. The molecule has 2 bridgehead atoms. The zero-order valence-electron chi connectivity index (χ0n) is 20.0. The van der Waals surface area contributed by atoms with Crippen molar-refractivity contribution in [1.82, 2.24) is 20.7 Å². The van der Waals surface area contributed by atoms with Crippen LogP contribution < -0.4 is 21.9 Å². The quantitative estimate of drug-likeness (QED) is 0.0963. The highest BCUT2D eigenvalue weighted by Crippen LogP contribution is 2.34. The fourth-order valence-electron chi connectivity index (χ4n) is 4.15. The molecular formula is C26H27ClN8O2. The number of phenolic OH excluding ortho intramolecular Hbond substituents is 1. The Kier molecular flexibility index (Phi) is 8.40. The average molecular weight is 519 g/mol. The summed E-state index contributed by atoms with van der Waals surface area (Å²) in [6, 6.07) is 11.8. The van der Waals surface area contributed by atoms with Crippen LogP contribution in [0.2, 0.25) is 5.02 Å². The predicted molar refractivity (Wildman–Crippen MR) is 144 cm³/mol. The van der Waals surface area contributed by atoms with Gasteiger partial charge in [0.15, 0.2) is 5.69 Å². The van der Waals surface area contributed by atoms with Gasteiger partial charge in [-0.25, -0.2) is 15.8 Å². The van der Waals surface area contributed by atoms with E-state index in [1.165, 1.54) is 12.4 Å². The number of nitrogens with zero attached hydrogens (tertiary/aromatic N) is 3. The number of fused-ring (bicyclic) bond motifs is 4. The van der Waals surface area contributed by atoms with Crippen LogP contribution in [0.3, 0.4) is 0 Å². The second kappa shape index (κ2) is 12.1. The number of carbonyl (C=O) groups excluding carboxylic acids is 1. The van der Waals surface area contributed by atoms with Gasteiger partial charge in [0.2, 0.25) is 5.91 Å². The zero-order chi connectivity index (χ0) is 26.2. The summed E-state index contributed by atoms with van der Waals surface area (Å²) < 4.78 is 0. The molecule has 1 amide bonds. The van der Waals surface area contributed by atoms with Crippen LogP contribution in [-0.4, -0.2) is 33.9 Å². The van der Waals surface area contributed by atoms with Gasteiger partial charge in [0, 0.05) is 40.5 Å². The number of aliphatic imine (C=N–C) groups is 1. The van der Waals surface area contributed by atoms with E-state index < -0.39 is 6.04 Å². The van der Waals surface area contributed by atoms with Crippen molar-refractivity contribution in [1.29, 1.82) is 5.26 Å². The Morgan fingerprint density at radius 2 is 2.14 bits per heavy atom. The molecule has 0 saturated carbocycles. The average Bonchev–Trinajstić information content (AvgIpc) is 3.32. The molecule has 2 aromatic carbocycles. The van der Waals surface area contributed by atoms with Crippen LogP contribution in [0.4, 0.5) is 11.4 Å². The molecule has 0 saturated heterocycles. The van der Waals surface area contributed by atoms with Crippen molar-refractivity contribution >= 4 is 41.3 Å². The maximum absolute atomic E-state index is 12.9. The third-order valence-corrected chi connectivity index (χ3v) is 6.15. The molecule has 0 radical (unpaired) electrons. The molecule has 11 heteroatoms. The first-order chi connectivity index (χ1) is 18.0. The minimum atomic E-state index is -0.427. The summed E-state index contributed by atoms with van der Waals surface area (Å²) in [5.41, 5.74) is 5.76. The molecule has 1 atom stereocenters. The van der Waals surface area contributed by atoms with Gasteiger partial charge in [-0.05, 0) is 49.2 Å². The van der Waals surface area contributed by atoms with Crippen LogP contribution in [-0.2, 0) is 4.79 Å². The van der Waals surface area contributed by atoms with Gasteiger partial charge >= 0.3 is 0 Å². The highest BCUT2D eigenvalue weighted by atomic mass is 35.5. The number of nitrogens with one attached hydrogen (secondary N) is 4. The molecule has 37 heavy (non-hydrogen) atoms. The largest absolute Gasteiger partial charge is 0.508 e. The number of hydrogen-bond acceptors (Lipinski definition) is 7. The SMILES string of the molecule is N#Cc1nc2[nH]c1-c1ccc(O)cc1NCCCCC[C@@H]2NC(=O)/C=C/c1cc(Cl)ccc1N=CNN. The van der Waals surface area contributed by atoms with E-state index in [0.29, 0.717) is 46.4 Å². The maximum Gasteiger partial charge on any atom is 0.244 e. The van der Waals surface area contributed by atoms with Gasteiger partial charge < -0.3 is 26.1 Å². The monoisotopic (exact) mass is 518 g/mol. The van der Waals surface area contributed by atoms with E-state index in [9.17, 15) is 15.2 Å². The van der Waals surface area contributed by atoms with Crippen LogP contribution >= 0.6 is 11.6 Å². The molecule has 10 nitrogen and oxygen atoms in total. The van der Waals surface area contributed by atoms with Gasteiger partial charge in [-0.2, -0.15) is 5.26 Å². The fourth-order valence-corrected chi connectivity index (χ4v) is 4.33. The van der Waals surface area contributed by atoms with E-state index in [4.69, 9.17) is 17.4 Å². The molecule has 0 spiro atoms. The number of anilines is 1. The number of H-pyrrole nitrogens is 1. The second-order valence-electron chi connectivity index (χ2n) is 8.49. The Hall–Kier alpha value is -4.33. The van der Waals surface area contributed by atoms with Crippen molar-refractivity contribution in [2.24, 2.45) is 10.8 Å². The number of aromatic amines is 1. The first kappa shape index (κ1) is 25.8. The van der Waals surface area contributed by atoms with E-state index in [0.717, 1.165) is 24.8 Å². The van der Waals surface area contributed by atoms with Crippen LogP contribution in [0.1, 0.15) is 48.8 Å². The lowest BCUT2D eigenvalue weighted by atomic mass is 10.1. The van der Waals surface area contributed by atoms with E-state index in [2.05, 4.69) is 37.1 Å². The second-order valence-corrected chi connectivity index (χ2v) is 8.92. The van der Waals surface area contributed by atoms with Crippen molar-refractivity contribution in [3.8, 4) is 23.1 Å². The molecule has 0 fully saturated rings. The van der Waals surface area contributed by atoms with Crippen molar-refractivity contribution in [2.45, 2.75) is 31.7 Å². The van der Waals surface area contributed by atoms with Crippen LogP contribution in [0.15, 0.2) is 47.5 Å². The summed E-state index contributed by atoms with van der Waals surface area (Å²) in [7, 11) is 0. The summed E-state index contributed by atoms with van der Waals surface area (Å²) >= 11 is 6.12. The molecule has 0 aliphatic carbocycles. The lowest BCUT2D eigenvalue weighted by Crippen LogP contribution is -2.28. The van der Waals surface area contributed by atoms with E-state index in [1.807, 2.05) is 0 Å². The Morgan fingerprint density at radius 3 is 2.95 bits per heavy atom. The van der Waals surface area contributed by atoms with Crippen LogP contribution in [0.5, 0.6) is 5.75 Å². The summed E-state index contributed by atoms with van der Waals surface area (Å²) in [6.07, 6.45) is 7.71. The smallest absolute Gasteiger partial charge is 0.244 e. The van der Waals surface area contributed by atoms with E-state index in [1.54, 1.807) is 42.5 Å². The van der Waals surface area contributed by atoms with Gasteiger partial charge in [-0.1, -0.05) is 24.4 Å². The standard InChI is InChI=1S/C26H27ClN8O2/c27-17-6-9-20(31-15-32-29)16(12-17)5-10-24(37)33-21-4-2-1-3-11-30-22-13-18(36)7-8-19(22)25-23(14-28)34-26(21)35-25/h5-10,12-13,15,21,30,36H,1-4,11,29H2,(H,31,32)(H,33,37)(H,34,35)/b10-5+/t21-/m0/s1. The van der Waals surface area contributed by atoms with Gasteiger partial charge in [0.25, 0.3) is 0 Å². The molecule has 1 aliphatic heterocycles. The summed E-state index contributed by atoms with van der Waals surface area (Å²) in [4.78, 5) is 24.9. The lowest BCUT2D eigenvalue weighted by molar-refractivity contribution is -0.117. The van der Waals surface area contributed by atoms with E-state index in [-0.39, 0.29) is 17.4 Å². The Labute approximate surface area is 219 Å². The number of halogens is 1. The number of rotatable bonds is 5. The zero-order valence-corrected chi connectivity index (χ0v) is 20.7. The topological polar surface area (TPSA) is 164 Å². The van der Waals surface area contributed by atoms with Crippen LogP contribution in [0, 0.1) is 11.3 Å². The number of nitrogens with two attached hydrogens (primary N) is 1. The molecule has 4 rings (SSSR count). The number of nitriles is 1. The summed E-state index contributed by atoms with van der Waals surface area (Å²) in [5, 5.41) is 26.6. The third-order valence-electron chi connectivity index (χ3n) is 5.91. The number of amides is 1.